The fourth-order valence-electron chi connectivity index (χ4n) is 4.13. The first-order chi connectivity index (χ1) is 15.1. The van der Waals surface area contributed by atoms with Crippen LogP contribution in [0.2, 0.25) is 0 Å². The molecule has 31 heavy (non-hydrogen) atoms. The number of rotatable bonds is 6. The third-order valence-electron chi connectivity index (χ3n) is 6.08. The van der Waals surface area contributed by atoms with E-state index >= 15 is 0 Å². The number of carbonyl (C=O) groups is 2. The minimum atomic E-state index is -0.559. The highest BCUT2D eigenvalue weighted by molar-refractivity contribution is 6.05. The number of nitrogens with zero attached hydrogens (tertiary/aromatic N) is 3. The summed E-state index contributed by atoms with van der Waals surface area (Å²) in [5, 5.41) is 5.14. The van der Waals surface area contributed by atoms with Crippen molar-refractivity contribution in [1.29, 1.82) is 0 Å². The van der Waals surface area contributed by atoms with Gasteiger partial charge in [0.25, 0.3) is 17.4 Å². The Morgan fingerprint density at radius 1 is 1.19 bits per heavy atom. The van der Waals surface area contributed by atoms with Crippen molar-refractivity contribution in [2.24, 2.45) is 5.92 Å². The highest BCUT2D eigenvalue weighted by atomic mass is 16.5. The molecule has 1 saturated heterocycles. The summed E-state index contributed by atoms with van der Waals surface area (Å²) in [5.74, 6) is -0.228. The maximum absolute atomic E-state index is 12.9. The number of aromatic nitrogens is 2. The zero-order chi connectivity index (χ0) is 21.8. The van der Waals surface area contributed by atoms with E-state index in [9.17, 15) is 14.4 Å². The van der Waals surface area contributed by atoms with Gasteiger partial charge in [-0.3, -0.25) is 30.1 Å². The molecule has 1 saturated carbocycles. The second-order valence-corrected chi connectivity index (χ2v) is 8.25. The molecule has 1 aromatic carbocycles. The van der Waals surface area contributed by atoms with Crippen LogP contribution < -0.4 is 16.4 Å². The van der Waals surface area contributed by atoms with Crippen LogP contribution in [0.3, 0.4) is 0 Å². The number of morpholine rings is 1. The number of ether oxygens (including phenoxy) is 1. The van der Waals surface area contributed by atoms with E-state index in [1.807, 2.05) is 6.92 Å². The molecule has 2 aliphatic rings. The van der Waals surface area contributed by atoms with Gasteiger partial charge in [0.1, 0.15) is 6.04 Å². The molecule has 4 rings (SSSR count). The second kappa shape index (κ2) is 9.57. The van der Waals surface area contributed by atoms with Gasteiger partial charge < -0.3 is 4.74 Å². The van der Waals surface area contributed by atoms with Gasteiger partial charge in [-0.15, -0.1) is 0 Å². The Labute approximate surface area is 180 Å². The Morgan fingerprint density at radius 3 is 2.68 bits per heavy atom. The van der Waals surface area contributed by atoms with E-state index in [1.165, 1.54) is 23.9 Å². The smallest absolute Gasteiger partial charge is 0.290 e. The molecule has 166 valence electrons. The molecule has 2 fully saturated rings. The number of hydrogen-bond acceptors (Lipinski definition) is 6. The number of benzene rings is 1. The summed E-state index contributed by atoms with van der Waals surface area (Å²) < 4.78 is 6.81. The van der Waals surface area contributed by atoms with Crippen LogP contribution in [0.1, 0.15) is 43.1 Å². The van der Waals surface area contributed by atoms with Crippen LogP contribution in [0.4, 0.5) is 0 Å². The monoisotopic (exact) mass is 427 g/mol. The highest BCUT2D eigenvalue weighted by Crippen LogP contribution is 2.28. The molecule has 2 heterocycles. The first-order valence-electron chi connectivity index (χ1n) is 11.0. The minimum Gasteiger partial charge on any atom is -0.378 e. The first kappa shape index (κ1) is 21.5. The number of hydrazine groups is 1. The molecular weight excluding hydrogens is 398 g/mol. The van der Waals surface area contributed by atoms with E-state index in [0.29, 0.717) is 49.4 Å². The second-order valence-electron chi connectivity index (χ2n) is 8.25. The largest absolute Gasteiger partial charge is 0.378 e. The number of amides is 2. The van der Waals surface area contributed by atoms with Gasteiger partial charge in [-0.2, -0.15) is 5.10 Å². The molecule has 2 amide bonds. The van der Waals surface area contributed by atoms with E-state index in [4.69, 9.17) is 4.74 Å². The standard InChI is InChI=1S/C22H29N5O4/c1-2-10-27-22(30)17-9-4-3-8-16(17)19(25-27)21(29)24-23-20(28)18-14-31-12-11-26(18)13-15-6-5-7-15/h3-4,8-9,15,18H,2,5-7,10-14H2,1H3,(H,23,28)(H,24,29)/t18-/m0/s1. The van der Waals surface area contributed by atoms with Crippen molar-refractivity contribution in [3.8, 4) is 0 Å². The van der Waals surface area contributed by atoms with Crippen LogP contribution in [-0.4, -0.2) is 58.8 Å². The fourth-order valence-corrected chi connectivity index (χ4v) is 4.13. The molecule has 1 aromatic heterocycles. The van der Waals surface area contributed by atoms with Gasteiger partial charge in [-0.1, -0.05) is 31.5 Å². The van der Waals surface area contributed by atoms with E-state index in [2.05, 4.69) is 20.9 Å². The lowest BCUT2D eigenvalue weighted by Crippen LogP contribution is -2.58. The average molecular weight is 428 g/mol. The van der Waals surface area contributed by atoms with Crippen LogP contribution in [0, 0.1) is 5.92 Å². The normalized spacial score (nSPS) is 19.7. The number of aryl methyl sites for hydroxylation is 1. The van der Waals surface area contributed by atoms with Crippen molar-refractivity contribution in [2.45, 2.75) is 45.2 Å². The van der Waals surface area contributed by atoms with Crippen LogP contribution in [0.15, 0.2) is 29.1 Å². The maximum Gasteiger partial charge on any atom is 0.290 e. The Balaban J connectivity index is 1.48. The molecule has 0 unspecified atom stereocenters. The van der Waals surface area contributed by atoms with Gasteiger partial charge in [0, 0.05) is 25.0 Å². The topological polar surface area (TPSA) is 106 Å². The maximum atomic E-state index is 12.9. The molecule has 2 N–H and O–H groups in total. The number of fused-ring (bicyclic) bond motifs is 1. The van der Waals surface area contributed by atoms with Gasteiger partial charge in [0.2, 0.25) is 0 Å². The first-order valence-corrected chi connectivity index (χ1v) is 11.0. The molecule has 0 bridgehead atoms. The summed E-state index contributed by atoms with van der Waals surface area (Å²) in [6.07, 6.45) is 4.37. The van der Waals surface area contributed by atoms with E-state index in [-0.39, 0.29) is 17.2 Å². The lowest BCUT2D eigenvalue weighted by atomic mass is 9.85. The van der Waals surface area contributed by atoms with Gasteiger partial charge in [0.15, 0.2) is 5.69 Å². The molecule has 1 aliphatic heterocycles. The lowest BCUT2D eigenvalue weighted by Gasteiger charge is -2.38. The summed E-state index contributed by atoms with van der Waals surface area (Å²) in [6.45, 7) is 4.84. The molecule has 1 atom stereocenters. The fraction of sp³-hybridized carbons (Fsp3) is 0.545. The third-order valence-corrected chi connectivity index (χ3v) is 6.08. The lowest BCUT2D eigenvalue weighted by molar-refractivity contribution is -0.134. The van der Waals surface area contributed by atoms with Crippen molar-refractivity contribution in [3.05, 3.63) is 40.3 Å². The molecule has 9 heteroatoms. The van der Waals surface area contributed by atoms with E-state index in [0.717, 1.165) is 6.54 Å². The van der Waals surface area contributed by atoms with Crippen molar-refractivity contribution in [3.63, 3.8) is 0 Å². The molecule has 1 aliphatic carbocycles. The van der Waals surface area contributed by atoms with Crippen molar-refractivity contribution in [2.75, 3.05) is 26.3 Å². The van der Waals surface area contributed by atoms with Gasteiger partial charge in [-0.25, -0.2) is 4.68 Å². The summed E-state index contributed by atoms with van der Waals surface area (Å²) >= 11 is 0. The molecular formula is C22H29N5O4. The Bertz CT molecular complexity index is 1020. The predicted octanol–water partition coefficient (Wildman–Crippen LogP) is 1.07. The molecule has 9 nitrogen and oxygen atoms in total. The van der Waals surface area contributed by atoms with E-state index < -0.39 is 11.9 Å². The molecule has 2 aromatic rings. The zero-order valence-electron chi connectivity index (χ0n) is 17.8. The summed E-state index contributed by atoms with van der Waals surface area (Å²) in [6, 6.07) is 6.43. The number of carbonyl (C=O) groups excluding carboxylic acids is 2. The summed E-state index contributed by atoms with van der Waals surface area (Å²) in [5.41, 5.74) is 4.89. The Morgan fingerprint density at radius 2 is 1.97 bits per heavy atom. The van der Waals surface area contributed by atoms with Crippen LogP contribution in [0.25, 0.3) is 10.8 Å². The number of hydrogen-bond donors (Lipinski definition) is 2. The predicted molar refractivity (Wildman–Crippen MR) is 115 cm³/mol. The van der Waals surface area contributed by atoms with E-state index in [1.54, 1.807) is 24.3 Å². The Hall–Kier alpha value is -2.78. The quantitative estimate of drug-likeness (QED) is 0.668. The SMILES string of the molecule is CCCn1nc(C(=O)NNC(=O)[C@@H]2COCCN2CC2CCC2)c2ccccc2c1=O. The van der Waals surface area contributed by atoms with Gasteiger partial charge in [-0.05, 0) is 31.2 Å². The Kier molecular flexibility index (Phi) is 6.62. The zero-order valence-corrected chi connectivity index (χ0v) is 17.8. The van der Waals surface area contributed by atoms with Crippen LogP contribution in [-0.2, 0) is 16.1 Å². The third kappa shape index (κ3) is 4.62. The van der Waals surface area contributed by atoms with Crippen LogP contribution in [0.5, 0.6) is 0 Å². The summed E-state index contributed by atoms with van der Waals surface area (Å²) in [4.78, 5) is 40.4. The molecule has 0 radical (unpaired) electrons. The highest BCUT2D eigenvalue weighted by Gasteiger charge is 2.32. The molecule has 0 spiro atoms. The van der Waals surface area contributed by atoms with Gasteiger partial charge in [0.05, 0.1) is 18.6 Å². The van der Waals surface area contributed by atoms with Crippen LogP contribution >= 0.6 is 0 Å². The number of nitrogens with one attached hydrogen (secondary N) is 2. The van der Waals surface area contributed by atoms with Crippen molar-refractivity contribution in [1.82, 2.24) is 25.5 Å². The minimum absolute atomic E-state index is 0.107. The average Bonchev–Trinajstić information content (AvgIpc) is 2.76. The van der Waals surface area contributed by atoms with Gasteiger partial charge >= 0.3 is 0 Å². The van der Waals surface area contributed by atoms with Crippen molar-refractivity contribution < 1.29 is 14.3 Å². The van der Waals surface area contributed by atoms with Crippen molar-refractivity contribution >= 4 is 22.6 Å². The summed E-state index contributed by atoms with van der Waals surface area (Å²) in [7, 11) is 0.